The summed E-state index contributed by atoms with van der Waals surface area (Å²) in [5.41, 5.74) is 1.14. The maximum atomic E-state index is 13.4. The van der Waals surface area contributed by atoms with Gasteiger partial charge in [-0.3, -0.25) is 13.9 Å². The number of halogens is 2. The van der Waals surface area contributed by atoms with Crippen molar-refractivity contribution >= 4 is 50.7 Å². The van der Waals surface area contributed by atoms with Crippen LogP contribution in [0, 0.1) is 0 Å². The quantitative estimate of drug-likeness (QED) is 0.542. The summed E-state index contributed by atoms with van der Waals surface area (Å²) < 4.78 is 26.0. The lowest BCUT2D eigenvalue weighted by molar-refractivity contribution is -0.139. The Morgan fingerprint density at radius 2 is 1.75 bits per heavy atom. The second-order valence-corrected chi connectivity index (χ2v) is 9.98. The predicted molar refractivity (Wildman–Crippen MR) is 129 cm³/mol. The van der Waals surface area contributed by atoms with Crippen molar-refractivity contribution < 1.29 is 18.0 Å². The molecular weight excluding hydrogens is 473 g/mol. The van der Waals surface area contributed by atoms with Gasteiger partial charge in [0.1, 0.15) is 12.6 Å². The van der Waals surface area contributed by atoms with Crippen molar-refractivity contribution in [2.45, 2.75) is 25.8 Å². The average Bonchev–Trinajstić information content (AvgIpc) is 2.74. The molecule has 0 spiro atoms. The molecule has 0 aliphatic rings. The van der Waals surface area contributed by atoms with E-state index in [1.807, 2.05) is 30.3 Å². The zero-order valence-corrected chi connectivity index (χ0v) is 20.5. The summed E-state index contributed by atoms with van der Waals surface area (Å²) in [5, 5.41) is 3.02. The van der Waals surface area contributed by atoms with Gasteiger partial charge in [0.15, 0.2) is 0 Å². The van der Waals surface area contributed by atoms with Crippen LogP contribution in [-0.2, 0) is 26.0 Å². The molecule has 1 N–H and O–H groups in total. The smallest absolute Gasteiger partial charge is 0.244 e. The lowest BCUT2D eigenvalue weighted by Gasteiger charge is -2.32. The Hall–Kier alpha value is -2.29. The van der Waals surface area contributed by atoms with Crippen LogP contribution in [0.1, 0.15) is 18.9 Å². The number of carbonyl (C=O) groups excluding carboxylic acids is 2. The summed E-state index contributed by atoms with van der Waals surface area (Å²) in [7, 11) is -2.35. The first-order chi connectivity index (χ1) is 15.1. The molecule has 0 heterocycles. The van der Waals surface area contributed by atoms with Crippen LogP contribution in [0.2, 0.25) is 10.0 Å². The Bertz CT molecular complexity index is 1050. The summed E-state index contributed by atoms with van der Waals surface area (Å²) in [5.74, 6) is -0.822. The molecule has 2 rings (SSSR count). The summed E-state index contributed by atoms with van der Waals surface area (Å²) in [6.45, 7) is 1.55. The van der Waals surface area contributed by atoms with E-state index in [1.165, 1.54) is 30.1 Å². The van der Waals surface area contributed by atoms with Crippen LogP contribution in [0.4, 0.5) is 5.69 Å². The van der Waals surface area contributed by atoms with E-state index in [1.54, 1.807) is 6.92 Å². The summed E-state index contributed by atoms with van der Waals surface area (Å²) in [6.07, 6.45) is 1.89. The third-order valence-corrected chi connectivity index (χ3v) is 6.64. The van der Waals surface area contributed by atoms with Crippen LogP contribution in [-0.4, -0.2) is 57.6 Å². The summed E-state index contributed by atoms with van der Waals surface area (Å²) in [4.78, 5) is 27.3. The van der Waals surface area contributed by atoms with Crippen molar-refractivity contribution in [1.29, 1.82) is 0 Å². The van der Waals surface area contributed by atoms with Crippen LogP contribution in [0.15, 0.2) is 48.5 Å². The Morgan fingerprint density at radius 1 is 1.09 bits per heavy atom. The number of benzene rings is 2. The second kappa shape index (κ2) is 11.5. The summed E-state index contributed by atoms with van der Waals surface area (Å²) >= 11 is 12.1. The number of amides is 2. The normalized spacial score (nSPS) is 12.2. The molecule has 0 aliphatic carbocycles. The molecule has 2 amide bonds. The van der Waals surface area contributed by atoms with Crippen LogP contribution < -0.4 is 9.62 Å². The molecule has 0 saturated heterocycles. The Kier molecular flexibility index (Phi) is 9.36. The molecule has 0 bridgehead atoms. The number of hydrogen-bond donors (Lipinski definition) is 1. The van der Waals surface area contributed by atoms with Gasteiger partial charge in [-0.05, 0) is 36.6 Å². The first kappa shape index (κ1) is 26.0. The SMILES string of the molecule is CC[C@H](C(=O)NC)N(CCc1ccccc1)C(=O)CN(c1ccc(Cl)cc1Cl)S(C)(=O)=O. The van der Waals surface area contributed by atoms with Crippen molar-refractivity contribution in [2.75, 3.05) is 30.7 Å². The highest BCUT2D eigenvalue weighted by molar-refractivity contribution is 7.92. The van der Waals surface area contributed by atoms with E-state index in [0.29, 0.717) is 17.9 Å². The maximum absolute atomic E-state index is 13.4. The van der Waals surface area contributed by atoms with Gasteiger partial charge in [-0.15, -0.1) is 0 Å². The number of hydrogen-bond acceptors (Lipinski definition) is 4. The summed E-state index contributed by atoms with van der Waals surface area (Å²) in [6, 6.07) is 13.2. The van der Waals surface area contributed by atoms with Crippen molar-refractivity contribution in [3.8, 4) is 0 Å². The third-order valence-electron chi connectivity index (χ3n) is 4.97. The van der Waals surface area contributed by atoms with Crippen LogP contribution in [0.25, 0.3) is 0 Å². The largest absolute Gasteiger partial charge is 0.357 e. The van der Waals surface area contributed by atoms with Gasteiger partial charge in [0, 0.05) is 18.6 Å². The number of carbonyl (C=O) groups is 2. The van der Waals surface area contributed by atoms with Crippen LogP contribution in [0.3, 0.4) is 0 Å². The third kappa shape index (κ3) is 6.85. The van der Waals surface area contributed by atoms with E-state index >= 15 is 0 Å². The monoisotopic (exact) mass is 499 g/mol. The molecule has 1 atom stereocenters. The van der Waals surface area contributed by atoms with Crippen LogP contribution in [0.5, 0.6) is 0 Å². The predicted octanol–water partition coefficient (Wildman–Crippen LogP) is 3.36. The van der Waals surface area contributed by atoms with Crippen molar-refractivity contribution in [2.24, 2.45) is 0 Å². The van der Waals surface area contributed by atoms with Gasteiger partial charge in [-0.1, -0.05) is 60.5 Å². The Balaban J connectivity index is 2.37. The first-order valence-electron chi connectivity index (χ1n) is 10.1. The molecule has 0 unspecified atom stereocenters. The number of sulfonamides is 1. The van der Waals surface area contributed by atoms with E-state index < -0.39 is 28.5 Å². The minimum Gasteiger partial charge on any atom is -0.357 e. The number of nitrogens with one attached hydrogen (secondary N) is 1. The zero-order chi connectivity index (χ0) is 23.9. The van der Waals surface area contributed by atoms with Gasteiger partial charge in [-0.2, -0.15) is 0 Å². The van der Waals surface area contributed by atoms with E-state index in [-0.39, 0.29) is 23.2 Å². The van der Waals surface area contributed by atoms with E-state index in [9.17, 15) is 18.0 Å². The van der Waals surface area contributed by atoms with E-state index in [4.69, 9.17) is 23.2 Å². The topological polar surface area (TPSA) is 86.8 Å². The van der Waals surface area contributed by atoms with Crippen molar-refractivity contribution in [1.82, 2.24) is 10.2 Å². The first-order valence-corrected chi connectivity index (χ1v) is 12.7. The molecule has 32 heavy (non-hydrogen) atoms. The van der Waals surface area contributed by atoms with Gasteiger partial charge in [0.05, 0.1) is 17.0 Å². The van der Waals surface area contributed by atoms with E-state index in [2.05, 4.69) is 5.32 Å². The van der Waals surface area contributed by atoms with Gasteiger partial charge < -0.3 is 10.2 Å². The number of rotatable bonds is 10. The van der Waals surface area contributed by atoms with E-state index in [0.717, 1.165) is 16.1 Å². The van der Waals surface area contributed by atoms with Gasteiger partial charge >= 0.3 is 0 Å². The molecule has 10 heteroatoms. The molecule has 0 aliphatic heterocycles. The standard InChI is InChI=1S/C22H27Cl2N3O4S/c1-4-19(22(29)25-2)26(13-12-16-8-6-5-7-9-16)21(28)15-27(32(3,30)31)20-11-10-17(23)14-18(20)24/h5-11,14,19H,4,12-13,15H2,1-3H3,(H,25,29)/t19-/m1/s1. The average molecular weight is 500 g/mol. The highest BCUT2D eigenvalue weighted by Crippen LogP contribution is 2.30. The van der Waals surface area contributed by atoms with Crippen LogP contribution >= 0.6 is 23.2 Å². The van der Waals surface area contributed by atoms with Gasteiger partial charge in [-0.25, -0.2) is 8.42 Å². The lowest BCUT2D eigenvalue weighted by atomic mass is 10.1. The maximum Gasteiger partial charge on any atom is 0.244 e. The number of likely N-dealkylation sites (N-methyl/N-ethyl adjacent to an activating group) is 1. The molecule has 2 aromatic carbocycles. The molecule has 7 nitrogen and oxygen atoms in total. The molecule has 0 fully saturated rings. The molecule has 2 aromatic rings. The number of anilines is 1. The highest BCUT2D eigenvalue weighted by atomic mass is 35.5. The fourth-order valence-electron chi connectivity index (χ4n) is 3.34. The van der Waals surface area contributed by atoms with Crippen molar-refractivity contribution in [3.63, 3.8) is 0 Å². The minimum atomic E-state index is -3.85. The fraction of sp³-hybridized carbons (Fsp3) is 0.364. The molecule has 0 saturated carbocycles. The fourth-order valence-corrected chi connectivity index (χ4v) is 4.76. The lowest BCUT2D eigenvalue weighted by Crippen LogP contribution is -2.52. The van der Waals surface area contributed by atoms with Crippen molar-refractivity contribution in [3.05, 3.63) is 64.1 Å². The Labute approximate surface area is 199 Å². The zero-order valence-electron chi connectivity index (χ0n) is 18.2. The molecular formula is C22H27Cl2N3O4S. The Morgan fingerprint density at radius 3 is 2.28 bits per heavy atom. The minimum absolute atomic E-state index is 0.102. The second-order valence-electron chi connectivity index (χ2n) is 7.23. The van der Waals surface area contributed by atoms with Gasteiger partial charge in [0.2, 0.25) is 21.8 Å². The molecule has 0 aromatic heterocycles. The van der Waals surface area contributed by atoms with Gasteiger partial charge in [0.25, 0.3) is 0 Å². The number of nitrogens with zero attached hydrogens (tertiary/aromatic N) is 2. The molecule has 174 valence electrons. The molecule has 0 radical (unpaired) electrons. The highest BCUT2D eigenvalue weighted by Gasteiger charge is 2.31.